The number of ether oxygens (including phenoxy) is 2. The minimum Gasteiger partial charge on any atom is -0.462 e. The minimum atomic E-state index is -4.64. The summed E-state index contributed by atoms with van der Waals surface area (Å²) < 4.78 is 32.6. The van der Waals surface area contributed by atoms with Crippen LogP contribution in [0.4, 0.5) is 0 Å². The molecule has 0 aliphatic rings. The van der Waals surface area contributed by atoms with Gasteiger partial charge >= 0.3 is 19.8 Å². The van der Waals surface area contributed by atoms with Crippen LogP contribution in [0.15, 0.2) is 72.9 Å². The third-order valence-electron chi connectivity index (χ3n) is 8.47. The molecule has 0 bridgehead atoms. The van der Waals surface area contributed by atoms with Crippen LogP contribution >= 0.6 is 7.82 Å². The summed E-state index contributed by atoms with van der Waals surface area (Å²) in [5.41, 5.74) is 0. The molecule has 0 spiro atoms. The zero-order chi connectivity index (χ0) is 40.5. The number of carbonyl (C=O) groups excluding carboxylic acids is 2. The molecule has 0 aromatic carbocycles. The number of allylic oxidation sites excluding steroid dienone is 12. The number of carbonyl (C=O) groups is 2. The van der Waals surface area contributed by atoms with Gasteiger partial charge in [-0.05, 0) is 51.4 Å². The first kappa shape index (κ1) is 52.4. The second-order valence-electron chi connectivity index (χ2n) is 13.8. The van der Waals surface area contributed by atoms with Crippen molar-refractivity contribution in [3.63, 3.8) is 0 Å². The first-order valence-electron chi connectivity index (χ1n) is 21.0. The summed E-state index contributed by atoms with van der Waals surface area (Å²) in [5.74, 6) is -1.02. The van der Waals surface area contributed by atoms with Gasteiger partial charge in [0.1, 0.15) is 12.7 Å². The molecule has 0 fully saturated rings. The molecule has 2 unspecified atom stereocenters. The number of esters is 2. The van der Waals surface area contributed by atoms with Crippen LogP contribution in [0.3, 0.4) is 0 Å². The van der Waals surface area contributed by atoms with Gasteiger partial charge in [0.15, 0.2) is 6.10 Å². The molecule has 0 aromatic heterocycles. The highest BCUT2D eigenvalue weighted by molar-refractivity contribution is 7.47. The molecule has 0 rings (SSSR count). The number of rotatable bonds is 38. The Morgan fingerprint density at radius 3 is 1.60 bits per heavy atom. The third-order valence-corrected chi connectivity index (χ3v) is 9.42. The standard InChI is InChI=1S/C44H75O10P/c1-3-5-7-9-11-13-15-17-18-19-20-21-22-24-25-27-29-31-33-35-43(47)51-39-42(40-53-55(49,50)52-38-41(46)37-45)54-44(48)36-34-32-30-28-26-23-16-14-12-10-8-6-4-2/h6,8,10,12,14,16,19-20,23,26,28,30,41-42,45-46H,3-5,7,9,11,13,15,17-18,21-22,24-25,27,29,31-40H2,1-2H3,(H,49,50)/b8-6+,12-10+,16-14+,20-19+,26-23+,30-28+/t41-,42?/m1/s1. The van der Waals surface area contributed by atoms with Crippen molar-refractivity contribution in [3.05, 3.63) is 72.9 Å². The Kier molecular flexibility index (Phi) is 37.8. The topological polar surface area (TPSA) is 149 Å². The maximum absolute atomic E-state index is 12.5. The summed E-state index contributed by atoms with van der Waals surface area (Å²) in [6.07, 6.45) is 44.6. The summed E-state index contributed by atoms with van der Waals surface area (Å²) in [6.45, 7) is 2.13. The van der Waals surface area contributed by atoms with Gasteiger partial charge in [-0.25, -0.2) is 4.57 Å². The minimum absolute atomic E-state index is 0.0838. The van der Waals surface area contributed by atoms with E-state index in [0.29, 0.717) is 19.3 Å². The predicted octanol–water partition coefficient (Wildman–Crippen LogP) is 10.9. The largest absolute Gasteiger partial charge is 0.472 e. The molecule has 0 saturated carbocycles. The Morgan fingerprint density at radius 2 is 1.04 bits per heavy atom. The van der Waals surface area contributed by atoms with Crippen molar-refractivity contribution in [1.29, 1.82) is 0 Å². The number of hydrogen-bond acceptors (Lipinski definition) is 9. The first-order chi connectivity index (χ1) is 26.7. The monoisotopic (exact) mass is 795 g/mol. The lowest BCUT2D eigenvalue weighted by atomic mass is 10.1. The number of phosphoric ester groups is 1. The number of hydrogen-bond donors (Lipinski definition) is 3. The van der Waals surface area contributed by atoms with Crippen LogP contribution in [-0.4, -0.2) is 65.7 Å². The van der Waals surface area contributed by atoms with Gasteiger partial charge in [0, 0.05) is 12.8 Å². The molecule has 0 aromatic rings. The molecule has 0 amide bonds. The van der Waals surface area contributed by atoms with Gasteiger partial charge in [-0.1, -0.05) is 164 Å². The van der Waals surface area contributed by atoms with E-state index < -0.39 is 51.8 Å². The van der Waals surface area contributed by atoms with Crippen LogP contribution < -0.4 is 0 Å². The fraction of sp³-hybridized carbons (Fsp3) is 0.682. The van der Waals surface area contributed by atoms with Crippen LogP contribution in [-0.2, 0) is 32.7 Å². The van der Waals surface area contributed by atoms with E-state index in [0.717, 1.165) is 32.1 Å². The van der Waals surface area contributed by atoms with Crippen LogP contribution in [0.2, 0.25) is 0 Å². The Bertz CT molecular complexity index is 1140. The summed E-state index contributed by atoms with van der Waals surface area (Å²) in [5, 5.41) is 18.3. The second kappa shape index (κ2) is 39.6. The quantitative estimate of drug-likeness (QED) is 0.0181. The number of unbranched alkanes of at least 4 members (excludes halogenated alkanes) is 16. The zero-order valence-electron chi connectivity index (χ0n) is 34.1. The van der Waals surface area contributed by atoms with Crippen LogP contribution in [0.1, 0.15) is 155 Å². The summed E-state index contributed by atoms with van der Waals surface area (Å²) in [4.78, 5) is 34.9. The molecule has 11 heteroatoms. The average molecular weight is 795 g/mol. The van der Waals surface area contributed by atoms with Gasteiger partial charge in [0.05, 0.1) is 19.8 Å². The Hall–Kier alpha value is -2.59. The highest BCUT2D eigenvalue weighted by Gasteiger charge is 2.27. The van der Waals surface area contributed by atoms with Crippen LogP contribution in [0.5, 0.6) is 0 Å². The molecule has 0 heterocycles. The van der Waals surface area contributed by atoms with Crippen molar-refractivity contribution in [3.8, 4) is 0 Å². The lowest BCUT2D eigenvalue weighted by molar-refractivity contribution is -0.161. The highest BCUT2D eigenvalue weighted by atomic mass is 31.2. The highest BCUT2D eigenvalue weighted by Crippen LogP contribution is 2.43. The number of aliphatic hydroxyl groups excluding tert-OH is 2. The SMILES string of the molecule is CC/C=C/C=C/C=C/C=C/C=C/CCCC(=O)OC(COC(=O)CCCCCCCCC/C=C/CCCCCCCCCC)COP(=O)(O)OC[C@H](O)CO. The van der Waals surface area contributed by atoms with E-state index in [1.54, 1.807) is 0 Å². The van der Waals surface area contributed by atoms with Gasteiger partial charge < -0.3 is 24.6 Å². The Balaban J connectivity index is 4.37. The van der Waals surface area contributed by atoms with Gasteiger partial charge in [-0.2, -0.15) is 0 Å². The normalized spacial score (nSPS) is 14.6. The first-order valence-corrected chi connectivity index (χ1v) is 22.5. The third kappa shape index (κ3) is 39.4. The second-order valence-corrected chi connectivity index (χ2v) is 15.2. The van der Waals surface area contributed by atoms with Crippen molar-refractivity contribution in [2.75, 3.05) is 26.4 Å². The molecule has 0 aliphatic carbocycles. The predicted molar refractivity (Wildman–Crippen MR) is 223 cm³/mol. The molecule has 0 aliphatic heterocycles. The van der Waals surface area contributed by atoms with Crippen LogP contribution in [0.25, 0.3) is 0 Å². The Morgan fingerprint density at radius 1 is 0.564 bits per heavy atom. The van der Waals surface area contributed by atoms with Crippen molar-refractivity contribution in [2.45, 2.75) is 167 Å². The Labute approximate surface area is 333 Å². The summed E-state index contributed by atoms with van der Waals surface area (Å²) >= 11 is 0. The fourth-order valence-electron chi connectivity index (χ4n) is 5.25. The van der Waals surface area contributed by atoms with Gasteiger partial charge in [0.25, 0.3) is 0 Å². The molecule has 0 saturated heterocycles. The van der Waals surface area contributed by atoms with E-state index in [-0.39, 0.29) is 19.4 Å². The maximum Gasteiger partial charge on any atom is 0.472 e. The molecule has 0 radical (unpaired) electrons. The fourth-order valence-corrected chi connectivity index (χ4v) is 6.04. The number of phosphoric acid groups is 1. The molecule has 316 valence electrons. The van der Waals surface area contributed by atoms with Gasteiger partial charge in [-0.15, -0.1) is 0 Å². The van der Waals surface area contributed by atoms with Crippen molar-refractivity contribution in [2.24, 2.45) is 0 Å². The lowest BCUT2D eigenvalue weighted by Crippen LogP contribution is -2.29. The summed E-state index contributed by atoms with van der Waals surface area (Å²) in [6, 6.07) is 0. The van der Waals surface area contributed by atoms with Gasteiger partial charge in [-0.3, -0.25) is 18.6 Å². The van der Waals surface area contributed by atoms with E-state index in [9.17, 15) is 24.2 Å². The van der Waals surface area contributed by atoms with Crippen molar-refractivity contribution >= 4 is 19.8 Å². The average Bonchev–Trinajstić information content (AvgIpc) is 3.17. The van der Waals surface area contributed by atoms with E-state index in [1.165, 1.54) is 77.0 Å². The molecule has 3 atom stereocenters. The summed E-state index contributed by atoms with van der Waals surface area (Å²) in [7, 11) is -4.64. The lowest BCUT2D eigenvalue weighted by Gasteiger charge is -2.20. The molecule has 3 N–H and O–H groups in total. The van der Waals surface area contributed by atoms with Crippen molar-refractivity contribution < 1.29 is 47.8 Å². The van der Waals surface area contributed by atoms with E-state index >= 15 is 0 Å². The number of aliphatic hydroxyl groups is 2. The molecule has 10 nitrogen and oxygen atoms in total. The maximum atomic E-state index is 12.5. The van der Waals surface area contributed by atoms with E-state index in [4.69, 9.17) is 19.1 Å². The van der Waals surface area contributed by atoms with Crippen LogP contribution in [0, 0.1) is 0 Å². The van der Waals surface area contributed by atoms with E-state index in [1.807, 2.05) is 54.7 Å². The van der Waals surface area contributed by atoms with E-state index in [2.05, 4.69) is 36.6 Å². The molecular weight excluding hydrogens is 719 g/mol. The van der Waals surface area contributed by atoms with Gasteiger partial charge in [0.2, 0.25) is 0 Å². The smallest absolute Gasteiger partial charge is 0.462 e. The zero-order valence-corrected chi connectivity index (χ0v) is 35.0. The molecule has 55 heavy (non-hydrogen) atoms. The van der Waals surface area contributed by atoms with Crippen molar-refractivity contribution in [1.82, 2.24) is 0 Å². The molecular formula is C44H75O10P.